The molecule has 0 radical (unpaired) electrons. The molecule has 0 unspecified atom stereocenters. The van der Waals surface area contributed by atoms with Gasteiger partial charge in [-0.15, -0.1) is 0 Å². The number of nitrogens with zero attached hydrogens (tertiary/aromatic N) is 3. The first kappa shape index (κ1) is 23.0. The van der Waals surface area contributed by atoms with Crippen LogP contribution >= 0.6 is 0 Å². The van der Waals surface area contributed by atoms with E-state index in [1.54, 1.807) is 18.5 Å². The van der Waals surface area contributed by atoms with Gasteiger partial charge in [0.05, 0.1) is 0 Å². The van der Waals surface area contributed by atoms with Crippen molar-refractivity contribution >= 4 is 18.1 Å². The summed E-state index contributed by atoms with van der Waals surface area (Å²) in [5, 5.41) is 25.3. The van der Waals surface area contributed by atoms with Crippen molar-refractivity contribution in [1.29, 1.82) is 0 Å². The minimum atomic E-state index is -2.33. The van der Waals surface area contributed by atoms with E-state index in [1.165, 1.54) is 12.3 Å². The van der Waals surface area contributed by atoms with Crippen LogP contribution in [0.3, 0.4) is 0 Å². The predicted molar refractivity (Wildman–Crippen MR) is 62.0 cm³/mol. The van der Waals surface area contributed by atoms with E-state index >= 15 is 0 Å². The molecule has 22 heavy (non-hydrogen) atoms. The van der Waals surface area contributed by atoms with Gasteiger partial charge in [-0.3, -0.25) is 0 Å². The van der Waals surface area contributed by atoms with Crippen molar-refractivity contribution in [2.45, 2.75) is 0 Å². The quantitative estimate of drug-likeness (QED) is 0.511. The van der Waals surface area contributed by atoms with Crippen LogP contribution in [0, 0.1) is 0 Å². The number of aromatic carboxylic acids is 1. The summed E-state index contributed by atoms with van der Waals surface area (Å²) in [7, 11) is 0. The van der Waals surface area contributed by atoms with E-state index < -0.39 is 12.1 Å². The standard InChI is InChI=1S/C10H8N4O2.CH2O3.2Na/c11-10-13-4-7(5-14-10)6-1-2-8(9(15)16)12-3-6;2-1(3)4;;/h1-5H,(H,15,16)(H2,11,13,14);(H2,2,3,4);;/q;;2*+1/p-2. The molecule has 0 atom stereocenters. The second kappa shape index (κ2) is 11.4. The number of anilines is 1. The fourth-order valence-corrected chi connectivity index (χ4v) is 1.18. The van der Waals surface area contributed by atoms with Gasteiger partial charge in [0.25, 0.3) is 0 Å². The average molecular weight is 322 g/mol. The van der Waals surface area contributed by atoms with E-state index in [-0.39, 0.29) is 70.8 Å². The van der Waals surface area contributed by atoms with Crippen molar-refractivity contribution in [3.63, 3.8) is 0 Å². The van der Waals surface area contributed by atoms with Gasteiger partial charge in [0, 0.05) is 29.7 Å². The predicted octanol–water partition coefficient (Wildman–Crippen LogP) is -7.62. The Kier molecular flexibility index (Phi) is 11.9. The van der Waals surface area contributed by atoms with Gasteiger partial charge >= 0.3 is 65.1 Å². The summed E-state index contributed by atoms with van der Waals surface area (Å²) in [6, 6.07) is 3.07. The minimum Gasteiger partial charge on any atom is -0.652 e. The molecule has 2 heterocycles. The van der Waals surface area contributed by atoms with E-state index in [4.69, 9.17) is 25.8 Å². The third-order valence-corrected chi connectivity index (χ3v) is 1.99. The van der Waals surface area contributed by atoms with Gasteiger partial charge in [0.2, 0.25) is 5.95 Å². The molecule has 104 valence electrons. The molecular formula is C11H8N4Na2O5. The Morgan fingerprint density at radius 2 is 1.41 bits per heavy atom. The largest absolute Gasteiger partial charge is 1.00 e. The number of pyridine rings is 1. The Bertz CT molecular complexity index is 603. The van der Waals surface area contributed by atoms with Crippen LogP contribution in [-0.4, -0.2) is 32.2 Å². The maximum absolute atomic E-state index is 10.6. The number of hydrogen-bond acceptors (Lipinski definition) is 8. The number of hydrogen-bond donors (Lipinski definition) is 2. The number of nitrogen functional groups attached to an aromatic ring is 1. The van der Waals surface area contributed by atoms with Crippen LogP contribution < -0.4 is 75.1 Å². The zero-order chi connectivity index (χ0) is 15.1. The molecule has 2 aromatic rings. The van der Waals surface area contributed by atoms with Gasteiger partial charge in [0.1, 0.15) is 5.69 Å². The Hall–Kier alpha value is -1.23. The molecule has 0 spiro atoms. The smallest absolute Gasteiger partial charge is 0.652 e. The maximum Gasteiger partial charge on any atom is 1.00 e. The van der Waals surface area contributed by atoms with Crippen molar-refractivity contribution in [2.75, 3.05) is 5.73 Å². The summed E-state index contributed by atoms with van der Waals surface area (Å²) in [6.45, 7) is 0. The molecule has 0 saturated heterocycles. The first-order valence-corrected chi connectivity index (χ1v) is 5.05. The summed E-state index contributed by atoms with van der Waals surface area (Å²) in [5.74, 6) is -0.862. The molecule has 3 N–H and O–H groups in total. The van der Waals surface area contributed by atoms with Crippen molar-refractivity contribution in [3.8, 4) is 11.1 Å². The molecule has 2 rings (SSSR count). The number of carboxylic acid groups (broad SMARTS) is 3. The number of carbonyl (C=O) groups is 2. The number of rotatable bonds is 2. The van der Waals surface area contributed by atoms with Crippen LogP contribution in [0.1, 0.15) is 10.5 Å². The van der Waals surface area contributed by atoms with Crippen LogP contribution in [-0.2, 0) is 0 Å². The molecule has 0 aliphatic carbocycles. The average Bonchev–Trinajstić information content (AvgIpc) is 2.39. The second-order valence-electron chi connectivity index (χ2n) is 3.32. The van der Waals surface area contributed by atoms with Crippen molar-refractivity contribution in [3.05, 3.63) is 36.4 Å². The topological polar surface area (TPSA) is 165 Å². The third kappa shape index (κ3) is 8.27. The summed E-state index contributed by atoms with van der Waals surface area (Å²) in [5.41, 5.74) is 6.83. The molecule has 2 aromatic heterocycles. The Labute approximate surface area is 169 Å². The Balaban J connectivity index is 0. The number of nitrogens with two attached hydrogens (primary N) is 1. The number of carboxylic acids is 1. The SMILES string of the molecule is Nc1ncc(-c2ccc(C(=O)O)nc2)cn1.O=C([O-])[O-].[Na+].[Na+]. The molecule has 0 saturated carbocycles. The van der Waals surface area contributed by atoms with Crippen molar-refractivity contribution in [1.82, 2.24) is 15.0 Å². The molecule has 0 aromatic carbocycles. The van der Waals surface area contributed by atoms with E-state index in [9.17, 15) is 4.79 Å². The molecule has 0 aliphatic heterocycles. The monoisotopic (exact) mass is 322 g/mol. The van der Waals surface area contributed by atoms with Gasteiger partial charge in [-0.1, -0.05) is 6.07 Å². The van der Waals surface area contributed by atoms with Crippen LogP contribution in [0.2, 0.25) is 0 Å². The van der Waals surface area contributed by atoms with E-state index in [1.807, 2.05) is 0 Å². The van der Waals surface area contributed by atoms with E-state index in [0.717, 1.165) is 11.1 Å². The number of carbonyl (C=O) groups excluding carboxylic acids is 1. The zero-order valence-corrected chi connectivity index (χ0v) is 15.9. The summed E-state index contributed by atoms with van der Waals surface area (Å²) >= 11 is 0. The van der Waals surface area contributed by atoms with Gasteiger partial charge < -0.3 is 25.8 Å². The van der Waals surface area contributed by atoms with Crippen molar-refractivity contribution < 1.29 is 84.0 Å². The van der Waals surface area contributed by atoms with Crippen LogP contribution in [0.4, 0.5) is 10.7 Å². The molecule has 0 amide bonds. The third-order valence-electron chi connectivity index (χ3n) is 1.99. The van der Waals surface area contributed by atoms with Crippen LogP contribution in [0.25, 0.3) is 11.1 Å². The van der Waals surface area contributed by atoms with Crippen LogP contribution in [0.5, 0.6) is 0 Å². The fourth-order valence-electron chi connectivity index (χ4n) is 1.18. The Morgan fingerprint density at radius 3 is 1.77 bits per heavy atom. The Morgan fingerprint density at radius 1 is 0.955 bits per heavy atom. The molecule has 9 nitrogen and oxygen atoms in total. The van der Waals surface area contributed by atoms with Gasteiger partial charge in [-0.2, -0.15) is 0 Å². The summed E-state index contributed by atoms with van der Waals surface area (Å²) in [4.78, 5) is 30.4. The molecule has 0 aliphatic rings. The fraction of sp³-hybridized carbons (Fsp3) is 0. The van der Waals surface area contributed by atoms with Crippen LogP contribution in [0.15, 0.2) is 30.7 Å². The van der Waals surface area contributed by atoms with Gasteiger partial charge in [-0.25, -0.2) is 19.7 Å². The zero-order valence-electron chi connectivity index (χ0n) is 11.9. The minimum absolute atomic E-state index is 0. The first-order valence-electron chi connectivity index (χ1n) is 5.05. The second-order valence-corrected chi connectivity index (χ2v) is 3.32. The number of aromatic nitrogens is 3. The van der Waals surface area contributed by atoms with Gasteiger partial charge in [0.15, 0.2) is 0 Å². The van der Waals surface area contributed by atoms with E-state index in [0.29, 0.717) is 0 Å². The summed E-state index contributed by atoms with van der Waals surface area (Å²) < 4.78 is 0. The maximum atomic E-state index is 10.6. The molecule has 11 heteroatoms. The summed E-state index contributed by atoms with van der Waals surface area (Å²) in [6.07, 6.45) is 2.23. The molecule has 0 bridgehead atoms. The molecule has 0 fully saturated rings. The normalized spacial score (nSPS) is 8.36. The first-order chi connectivity index (χ1) is 9.40. The molecular weight excluding hydrogens is 314 g/mol. The van der Waals surface area contributed by atoms with Crippen molar-refractivity contribution in [2.24, 2.45) is 0 Å². The van der Waals surface area contributed by atoms with E-state index in [2.05, 4.69) is 15.0 Å². The van der Waals surface area contributed by atoms with Gasteiger partial charge in [-0.05, 0) is 12.2 Å².